The molecule has 0 aliphatic heterocycles. The average molecular weight is 312 g/mol. The lowest BCUT2D eigenvalue weighted by atomic mass is 10.1. The van der Waals surface area contributed by atoms with Gasteiger partial charge in [0.1, 0.15) is 5.75 Å². The van der Waals surface area contributed by atoms with Crippen molar-refractivity contribution in [1.82, 2.24) is 9.80 Å². The van der Waals surface area contributed by atoms with E-state index in [2.05, 4.69) is 36.1 Å². The van der Waals surface area contributed by atoms with Crippen molar-refractivity contribution in [3.8, 4) is 5.75 Å². The molecule has 0 saturated carbocycles. The van der Waals surface area contributed by atoms with Gasteiger partial charge in [-0.1, -0.05) is 42.5 Å². The molecule has 0 atom stereocenters. The molecule has 0 aliphatic carbocycles. The van der Waals surface area contributed by atoms with Crippen LogP contribution in [0.3, 0.4) is 0 Å². The van der Waals surface area contributed by atoms with Gasteiger partial charge in [-0.2, -0.15) is 0 Å². The highest BCUT2D eigenvalue weighted by Gasteiger charge is 2.12. The number of nitrogens with zero attached hydrogens (tertiary/aromatic N) is 2. The largest absolute Gasteiger partial charge is 0.507 e. The highest BCUT2D eigenvalue weighted by Crippen LogP contribution is 2.25. The van der Waals surface area contributed by atoms with Crippen LogP contribution >= 0.6 is 0 Å². The van der Waals surface area contributed by atoms with Gasteiger partial charge in [-0.15, -0.1) is 26.3 Å². The van der Waals surface area contributed by atoms with Gasteiger partial charge in [-0.25, -0.2) is 0 Å². The summed E-state index contributed by atoms with van der Waals surface area (Å²) in [6, 6.07) is 5.91. The molecule has 1 aromatic carbocycles. The maximum Gasteiger partial charge on any atom is 0.124 e. The number of phenolic OH excluding ortho intramolecular Hbond substituents is 1. The number of hydrogen-bond donors (Lipinski definition) is 1. The van der Waals surface area contributed by atoms with E-state index in [9.17, 15) is 5.11 Å². The number of rotatable bonds is 12. The first kappa shape index (κ1) is 18.9. The van der Waals surface area contributed by atoms with E-state index in [1.165, 1.54) is 0 Å². The van der Waals surface area contributed by atoms with E-state index < -0.39 is 0 Å². The summed E-state index contributed by atoms with van der Waals surface area (Å²) in [5.74, 6) is 0.365. The molecule has 0 amide bonds. The SMILES string of the molecule is C=CCN(CC=C)Cc1cccc(CN(CC=C)CC=C)c1O. The van der Waals surface area contributed by atoms with Crippen LogP contribution in [0.5, 0.6) is 5.75 Å². The molecule has 0 aliphatic rings. The maximum absolute atomic E-state index is 10.6. The van der Waals surface area contributed by atoms with Gasteiger partial charge in [0.15, 0.2) is 0 Å². The van der Waals surface area contributed by atoms with Crippen LogP contribution in [0, 0.1) is 0 Å². The molecule has 124 valence electrons. The van der Waals surface area contributed by atoms with E-state index >= 15 is 0 Å². The zero-order valence-corrected chi connectivity index (χ0v) is 14.0. The van der Waals surface area contributed by atoms with E-state index in [1.54, 1.807) is 0 Å². The smallest absolute Gasteiger partial charge is 0.124 e. The number of para-hydroxylation sites is 1. The zero-order valence-electron chi connectivity index (χ0n) is 14.0. The Morgan fingerprint density at radius 2 is 1.09 bits per heavy atom. The normalized spacial score (nSPS) is 10.7. The molecule has 0 unspecified atom stereocenters. The van der Waals surface area contributed by atoms with Crippen LogP contribution in [-0.2, 0) is 13.1 Å². The fourth-order valence-electron chi connectivity index (χ4n) is 2.52. The van der Waals surface area contributed by atoms with Crippen molar-refractivity contribution in [3.05, 3.63) is 79.9 Å². The minimum absolute atomic E-state index is 0.365. The molecule has 0 aromatic heterocycles. The third kappa shape index (κ3) is 6.27. The van der Waals surface area contributed by atoms with E-state index in [-0.39, 0.29) is 0 Å². The molecule has 1 N–H and O–H groups in total. The van der Waals surface area contributed by atoms with Crippen LogP contribution in [0.25, 0.3) is 0 Å². The van der Waals surface area contributed by atoms with Gasteiger partial charge in [0.25, 0.3) is 0 Å². The first-order valence-electron chi connectivity index (χ1n) is 7.84. The number of benzene rings is 1. The Kier molecular flexibility index (Phi) is 8.73. The first-order chi connectivity index (χ1) is 11.2. The second kappa shape index (κ2) is 10.6. The third-order valence-electron chi connectivity index (χ3n) is 3.54. The lowest BCUT2D eigenvalue weighted by Crippen LogP contribution is -2.25. The van der Waals surface area contributed by atoms with Gasteiger partial charge in [0.2, 0.25) is 0 Å². The fourth-order valence-corrected chi connectivity index (χ4v) is 2.52. The maximum atomic E-state index is 10.6. The monoisotopic (exact) mass is 312 g/mol. The molecular weight excluding hydrogens is 284 g/mol. The minimum atomic E-state index is 0.365. The molecule has 3 nitrogen and oxygen atoms in total. The van der Waals surface area contributed by atoms with Gasteiger partial charge in [-0.3, -0.25) is 9.80 Å². The molecule has 0 saturated heterocycles. The lowest BCUT2D eigenvalue weighted by molar-refractivity contribution is 0.309. The Labute approximate surface area is 140 Å². The van der Waals surface area contributed by atoms with Gasteiger partial charge in [0.05, 0.1) is 0 Å². The van der Waals surface area contributed by atoms with Crippen molar-refractivity contribution in [2.75, 3.05) is 26.2 Å². The van der Waals surface area contributed by atoms with Crippen molar-refractivity contribution in [2.24, 2.45) is 0 Å². The Morgan fingerprint density at radius 1 is 0.739 bits per heavy atom. The predicted octanol–water partition coefficient (Wildman–Crippen LogP) is 3.74. The standard InChI is InChI=1S/C20H28N2O/c1-5-12-21(13-6-2)16-18-10-9-11-19(20(18)23)17-22(14-7-3)15-8-4/h5-11,23H,1-4,12-17H2. The average Bonchev–Trinajstić information content (AvgIpc) is 2.52. The summed E-state index contributed by atoms with van der Waals surface area (Å²) >= 11 is 0. The van der Waals surface area contributed by atoms with Crippen molar-refractivity contribution in [1.29, 1.82) is 0 Å². The summed E-state index contributed by atoms with van der Waals surface area (Å²) in [4.78, 5) is 4.34. The van der Waals surface area contributed by atoms with Crippen LogP contribution in [-0.4, -0.2) is 41.1 Å². The Bertz CT molecular complexity index is 472. The molecule has 0 bridgehead atoms. The molecule has 0 spiro atoms. The molecule has 1 rings (SSSR count). The summed E-state index contributed by atoms with van der Waals surface area (Å²) in [7, 11) is 0. The van der Waals surface area contributed by atoms with Crippen LogP contribution in [0.15, 0.2) is 68.8 Å². The predicted molar refractivity (Wildman–Crippen MR) is 99.4 cm³/mol. The van der Waals surface area contributed by atoms with E-state index in [0.29, 0.717) is 18.8 Å². The number of aromatic hydroxyl groups is 1. The van der Waals surface area contributed by atoms with Crippen molar-refractivity contribution >= 4 is 0 Å². The molecule has 0 heterocycles. The molecule has 0 fully saturated rings. The molecule has 23 heavy (non-hydrogen) atoms. The van der Waals surface area contributed by atoms with Gasteiger partial charge in [-0.05, 0) is 0 Å². The second-order valence-corrected chi connectivity index (χ2v) is 5.47. The van der Waals surface area contributed by atoms with Crippen LogP contribution in [0.1, 0.15) is 11.1 Å². The van der Waals surface area contributed by atoms with Gasteiger partial charge in [0, 0.05) is 50.4 Å². The minimum Gasteiger partial charge on any atom is -0.507 e. The molecule has 3 heteroatoms. The van der Waals surface area contributed by atoms with Crippen molar-refractivity contribution < 1.29 is 5.11 Å². The number of hydrogen-bond acceptors (Lipinski definition) is 3. The Hall–Kier alpha value is -2.10. The highest BCUT2D eigenvalue weighted by molar-refractivity contribution is 5.40. The van der Waals surface area contributed by atoms with Crippen LogP contribution in [0.2, 0.25) is 0 Å². The Morgan fingerprint density at radius 3 is 1.39 bits per heavy atom. The number of phenols is 1. The second-order valence-electron chi connectivity index (χ2n) is 5.47. The van der Waals surface area contributed by atoms with Gasteiger partial charge < -0.3 is 5.11 Å². The molecule has 1 aromatic rings. The summed E-state index contributed by atoms with van der Waals surface area (Å²) in [6.07, 6.45) is 7.45. The van der Waals surface area contributed by atoms with Crippen LogP contribution in [0.4, 0.5) is 0 Å². The summed E-state index contributed by atoms with van der Waals surface area (Å²) in [5, 5.41) is 10.6. The topological polar surface area (TPSA) is 26.7 Å². The van der Waals surface area contributed by atoms with Crippen LogP contribution < -0.4 is 0 Å². The first-order valence-corrected chi connectivity index (χ1v) is 7.84. The third-order valence-corrected chi connectivity index (χ3v) is 3.54. The molecular formula is C20H28N2O. The van der Waals surface area contributed by atoms with Crippen molar-refractivity contribution in [2.45, 2.75) is 13.1 Å². The zero-order chi connectivity index (χ0) is 17.1. The Balaban J connectivity index is 2.91. The van der Waals surface area contributed by atoms with E-state index in [0.717, 1.165) is 37.3 Å². The quantitative estimate of drug-likeness (QED) is 0.596. The highest BCUT2D eigenvalue weighted by atomic mass is 16.3. The fraction of sp³-hybridized carbons (Fsp3) is 0.300. The molecule has 0 radical (unpaired) electrons. The lowest BCUT2D eigenvalue weighted by Gasteiger charge is -2.22. The van der Waals surface area contributed by atoms with Gasteiger partial charge >= 0.3 is 0 Å². The van der Waals surface area contributed by atoms with Crippen molar-refractivity contribution in [3.63, 3.8) is 0 Å². The summed E-state index contributed by atoms with van der Waals surface area (Å²) in [6.45, 7) is 19.5. The van der Waals surface area contributed by atoms with E-state index in [4.69, 9.17) is 0 Å². The summed E-state index contributed by atoms with van der Waals surface area (Å²) < 4.78 is 0. The summed E-state index contributed by atoms with van der Waals surface area (Å²) in [5.41, 5.74) is 1.84. The van der Waals surface area contributed by atoms with E-state index in [1.807, 2.05) is 42.5 Å².